The van der Waals surface area contributed by atoms with Crippen LogP contribution in [0.1, 0.15) is 24.0 Å². The fourth-order valence-electron chi connectivity index (χ4n) is 6.69. The molecular weight excluding hydrogens is 576 g/mol. The first kappa shape index (κ1) is 28.8. The number of anilines is 6. The maximum Gasteiger partial charge on any atom is 0.232 e. The summed E-state index contributed by atoms with van der Waals surface area (Å²) in [5, 5.41) is 7.59. The number of fused-ring (bicyclic) bond motifs is 2. The highest BCUT2D eigenvalue weighted by Crippen LogP contribution is 2.39. The molecule has 3 aromatic heterocycles. The highest BCUT2D eigenvalue weighted by atomic mass is 32.2. The lowest BCUT2D eigenvalue weighted by atomic mass is 10.0. The van der Waals surface area contributed by atoms with Crippen LogP contribution in [0.15, 0.2) is 42.7 Å². The molecule has 0 saturated carbocycles. The first-order chi connectivity index (χ1) is 21.2. The summed E-state index contributed by atoms with van der Waals surface area (Å²) in [5.74, 6) is 2.00. The number of aryl methyl sites for hydroxylation is 1. The number of aromatic amines is 1. The van der Waals surface area contributed by atoms with Crippen molar-refractivity contribution in [1.82, 2.24) is 29.7 Å². The van der Waals surface area contributed by atoms with E-state index in [4.69, 9.17) is 15.0 Å². The number of nitrogens with zero attached hydrogens (tertiary/aromatic N) is 7. The standard InChI is InChI=1S/C31H40N10O2S/c1-21-19-27(40-12-9-23(10-13-40)39-17-15-38(2)16-18-39)33-20-26(21)35-31-36-29-24(7-11-32-29)30(37-31)34-25-6-4-5-22-8-14-41(28(22)25)44(3,42)43/h4-7,11,19-20,23H,8-10,12-18H2,1-3H3,(H3,32,34,35,36,37). The maximum absolute atomic E-state index is 12.5. The zero-order valence-electron chi connectivity index (χ0n) is 25.5. The number of sulfonamides is 1. The summed E-state index contributed by atoms with van der Waals surface area (Å²) in [4.78, 5) is 25.0. The molecule has 12 nitrogen and oxygen atoms in total. The van der Waals surface area contributed by atoms with Crippen LogP contribution in [0, 0.1) is 6.92 Å². The highest BCUT2D eigenvalue weighted by Gasteiger charge is 2.30. The number of benzene rings is 1. The summed E-state index contributed by atoms with van der Waals surface area (Å²) in [5.41, 5.74) is 4.92. The van der Waals surface area contributed by atoms with Crippen LogP contribution in [-0.4, -0.2) is 103 Å². The average Bonchev–Trinajstić information content (AvgIpc) is 3.67. The normalized spacial score (nSPS) is 18.6. The number of H-pyrrole nitrogens is 1. The van der Waals surface area contributed by atoms with Crippen molar-refractivity contribution in [3.05, 3.63) is 53.9 Å². The summed E-state index contributed by atoms with van der Waals surface area (Å²) in [6, 6.07) is 10.5. The van der Waals surface area contributed by atoms with Crippen LogP contribution in [0.3, 0.4) is 0 Å². The molecule has 0 spiro atoms. The van der Waals surface area contributed by atoms with E-state index in [0.717, 1.165) is 67.0 Å². The summed E-state index contributed by atoms with van der Waals surface area (Å²) < 4.78 is 26.5. The van der Waals surface area contributed by atoms with Crippen LogP contribution in [-0.2, 0) is 16.4 Å². The molecule has 44 heavy (non-hydrogen) atoms. The molecule has 4 aromatic rings. The van der Waals surface area contributed by atoms with Gasteiger partial charge >= 0.3 is 0 Å². The van der Waals surface area contributed by atoms with E-state index in [0.29, 0.717) is 47.8 Å². The topological polar surface area (TPSA) is 126 Å². The maximum atomic E-state index is 12.5. The average molecular weight is 617 g/mol. The second-order valence-electron chi connectivity index (χ2n) is 12.2. The summed E-state index contributed by atoms with van der Waals surface area (Å²) >= 11 is 0. The largest absolute Gasteiger partial charge is 0.356 e. The summed E-state index contributed by atoms with van der Waals surface area (Å²) in [6.07, 6.45) is 7.92. The Labute approximate surface area is 258 Å². The van der Waals surface area contributed by atoms with Crippen molar-refractivity contribution in [2.24, 2.45) is 0 Å². The van der Waals surface area contributed by atoms with Crippen molar-refractivity contribution in [1.29, 1.82) is 0 Å². The molecule has 0 unspecified atom stereocenters. The van der Waals surface area contributed by atoms with Crippen LogP contribution in [0.2, 0.25) is 0 Å². The number of hydrogen-bond acceptors (Lipinski definition) is 10. The van der Waals surface area contributed by atoms with Crippen LogP contribution in [0.5, 0.6) is 0 Å². The van der Waals surface area contributed by atoms with E-state index in [1.807, 2.05) is 36.7 Å². The van der Waals surface area contributed by atoms with Gasteiger partial charge in [0.05, 0.1) is 34.9 Å². The van der Waals surface area contributed by atoms with Gasteiger partial charge in [0.1, 0.15) is 17.3 Å². The minimum Gasteiger partial charge on any atom is -0.356 e. The zero-order chi connectivity index (χ0) is 30.4. The Kier molecular flexibility index (Phi) is 7.55. The van der Waals surface area contributed by atoms with Gasteiger partial charge in [-0.15, -0.1) is 0 Å². The van der Waals surface area contributed by atoms with E-state index in [2.05, 4.69) is 50.4 Å². The molecule has 3 aliphatic rings. The monoisotopic (exact) mass is 616 g/mol. The Hall–Kier alpha value is -3.94. The third-order valence-electron chi connectivity index (χ3n) is 9.21. The van der Waals surface area contributed by atoms with Gasteiger partial charge in [0.2, 0.25) is 16.0 Å². The third kappa shape index (κ3) is 5.66. The van der Waals surface area contributed by atoms with E-state index >= 15 is 0 Å². The van der Waals surface area contributed by atoms with E-state index in [1.54, 1.807) is 0 Å². The van der Waals surface area contributed by atoms with Gasteiger partial charge in [-0.3, -0.25) is 9.21 Å². The smallest absolute Gasteiger partial charge is 0.232 e. The minimum atomic E-state index is -3.41. The number of hydrogen-bond donors (Lipinski definition) is 3. The summed E-state index contributed by atoms with van der Waals surface area (Å²) in [6.45, 7) is 9.17. The highest BCUT2D eigenvalue weighted by molar-refractivity contribution is 7.92. The molecule has 3 N–H and O–H groups in total. The molecule has 13 heteroatoms. The molecule has 6 heterocycles. The van der Waals surface area contributed by atoms with Gasteiger partial charge in [-0.25, -0.2) is 13.4 Å². The number of rotatable bonds is 7. The number of piperidine rings is 1. The van der Waals surface area contributed by atoms with Crippen molar-refractivity contribution in [3.63, 3.8) is 0 Å². The van der Waals surface area contributed by atoms with Crippen LogP contribution < -0.4 is 19.8 Å². The molecule has 2 saturated heterocycles. The van der Waals surface area contributed by atoms with Crippen molar-refractivity contribution >= 4 is 55.7 Å². The van der Waals surface area contributed by atoms with Crippen molar-refractivity contribution in [2.45, 2.75) is 32.2 Å². The molecule has 0 amide bonds. The molecule has 0 aliphatic carbocycles. The molecule has 0 bridgehead atoms. The van der Waals surface area contributed by atoms with Gasteiger partial charge in [0.15, 0.2) is 0 Å². The first-order valence-corrected chi connectivity index (χ1v) is 17.2. The van der Waals surface area contributed by atoms with Gasteiger partial charge in [-0.05, 0) is 62.6 Å². The predicted octanol–water partition coefficient (Wildman–Crippen LogP) is 3.69. The van der Waals surface area contributed by atoms with Crippen molar-refractivity contribution < 1.29 is 8.42 Å². The molecule has 3 aliphatic heterocycles. The van der Waals surface area contributed by atoms with Gasteiger partial charge in [-0.2, -0.15) is 9.97 Å². The molecule has 7 rings (SSSR count). The molecule has 232 valence electrons. The Morgan fingerprint density at radius 1 is 0.955 bits per heavy atom. The number of aromatic nitrogens is 4. The van der Waals surface area contributed by atoms with Gasteiger partial charge in [0, 0.05) is 58.1 Å². The Morgan fingerprint density at radius 2 is 1.75 bits per heavy atom. The molecule has 0 radical (unpaired) electrons. The van der Waals surface area contributed by atoms with Crippen LogP contribution in [0.4, 0.5) is 34.6 Å². The zero-order valence-corrected chi connectivity index (χ0v) is 26.4. The van der Waals surface area contributed by atoms with E-state index in [1.165, 1.54) is 23.7 Å². The molecule has 0 atom stereocenters. The molecular formula is C31H40N10O2S. The van der Waals surface area contributed by atoms with Crippen molar-refractivity contribution in [3.8, 4) is 0 Å². The lowest BCUT2D eigenvalue weighted by molar-refractivity contribution is 0.0981. The number of likely N-dealkylation sites (N-methyl/N-ethyl adjacent to an activating group) is 1. The number of pyridine rings is 1. The summed E-state index contributed by atoms with van der Waals surface area (Å²) in [7, 11) is -1.20. The fraction of sp³-hybridized carbons (Fsp3) is 0.452. The molecule has 2 fully saturated rings. The molecule has 1 aromatic carbocycles. The second-order valence-corrected chi connectivity index (χ2v) is 14.1. The lowest BCUT2D eigenvalue weighted by Crippen LogP contribution is -2.52. The van der Waals surface area contributed by atoms with Crippen LogP contribution in [0.25, 0.3) is 11.0 Å². The number of para-hydroxylation sites is 1. The third-order valence-corrected chi connectivity index (χ3v) is 10.4. The fourth-order valence-corrected chi connectivity index (χ4v) is 7.66. The lowest BCUT2D eigenvalue weighted by Gasteiger charge is -2.42. The van der Waals surface area contributed by atoms with Gasteiger partial charge < -0.3 is 25.4 Å². The van der Waals surface area contributed by atoms with Crippen LogP contribution >= 0.6 is 0 Å². The first-order valence-electron chi connectivity index (χ1n) is 15.4. The van der Waals surface area contributed by atoms with E-state index < -0.39 is 10.0 Å². The Bertz CT molecular complexity index is 1780. The predicted molar refractivity (Wildman–Crippen MR) is 176 cm³/mol. The van der Waals surface area contributed by atoms with E-state index in [-0.39, 0.29) is 0 Å². The van der Waals surface area contributed by atoms with Gasteiger partial charge in [0.25, 0.3) is 0 Å². The quantitative estimate of drug-likeness (QED) is 0.283. The van der Waals surface area contributed by atoms with Gasteiger partial charge in [-0.1, -0.05) is 12.1 Å². The second kappa shape index (κ2) is 11.5. The van der Waals surface area contributed by atoms with E-state index in [9.17, 15) is 8.42 Å². The SMILES string of the molecule is Cc1cc(N2CCC(N3CCN(C)CC3)CC2)ncc1Nc1nc(Nc2cccc3c2N(S(C)(=O)=O)CC3)c2cc[nH]c2n1. The Balaban J connectivity index is 1.08. The van der Waals surface area contributed by atoms with Crippen molar-refractivity contribution in [2.75, 3.05) is 79.0 Å². The number of nitrogens with one attached hydrogen (secondary N) is 3. The Morgan fingerprint density at radius 3 is 2.50 bits per heavy atom. The number of piperazine rings is 1. The minimum absolute atomic E-state index is 0.417.